The molecule has 0 radical (unpaired) electrons. The van der Waals surface area contributed by atoms with Gasteiger partial charge in [0, 0.05) is 63.4 Å². The molecule has 4 rings (SSSR count). The zero-order valence-corrected chi connectivity index (χ0v) is 17.4. The second-order valence-corrected chi connectivity index (χ2v) is 8.51. The summed E-state index contributed by atoms with van der Waals surface area (Å²) in [5.41, 5.74) is 2.20. The van der Waals surface area contributed by atoms with Gasteiger partial charge >= 0.3 is 0 Å². The van der Waals surface area contributed by atoms with E-state index in [1.54, 1.807) is 19.0 Å². The van der Waals surface area contributed by atoms with Crippen molar-refractivity contribution in [3.05, 3.63) is 36.0 Å². The Balaban J connectivity index is 1.32. The Kier molecular flexibility index (Phi) is 5.61. The zero-order valence-electron chi connectivity index (χ0n) is 17.4. The fourth-order valence-corrected chi connectivity index (χ4v) is 4.57. The average molecular weight is 399 g/mol. The molecular weight excluding hydrogens is 368 g/mol. The monoisotopic (exact) mass is 398 g/mol. The van der Waals surface area contributed by atoms with Crippen LogP contribution in [-0.4, -0.2) is 78.2 Å². The molecule has 0 spiro atoms. The fourth-order valence-electron chi connectivity index (χ4n) is 4.57. The summed E-state index contributed by atoms with van der Waals surface area (Å²) in [6.07, 6.45) is 3.68. The Hall–Kier alpha value is -2.38. The van der Waals surface area contributed by atoms with Crippen molar-refractivity contribution in [3.8, 4) is 0 Å². The summed E-state index contributed by atoms with van der Waals surface area (Å²) in [7, 11) is 5.55. The maximum atomic E-state index is 12.7. The van der Waals surface area contributed by atoms with Gasteiger partial charge in [-0.2, -0.15) is 0 Å². The number of aryl methyl sites for hydroxylation is 1. The predicted molar refractivity (Wildman–Crippen MR) is 112 cm³/mol. The van der Waals surface area contributed by atoms with Gasteiger partial charge in [-0.3, -0.25) is 14.5 Å². The molecular formula is C22H30N4O3. The number of carbonyl (C=O) groups is 2. The first-order valence-corrected chi connectivity index (χ1v) is 10.3. The van der Waals surface area contributed by atoms with Crippen LogP contribution < -0.4 is 5.32 Å². The number of nitrogens with zero attached hydrogens (tertiary/aromatic N) is 3. The molecule has 2 amide bonds. The number of nitrogens with one attached hydrogen (secondary N) is 1. The van der Waals surface area contributed by atoms with E-state index in [1.165, 1.54) is 0 Å². The molecule has 156 valence electrons. The summed E-state index contributed by atoms with van der Waals surface area (Å²) in [4.78, 5) is 28.6. The summed E-state index contributed by atoms with van der Waals surface area (Å²) in [6.45, 7) is 2.20. The molecule has 1 aromatic heterocycles. The molecule has 1 N–H and O–H groups in total. The molecule has 0 aliphatic carbocycles. The number of hydrogen-bond donors (Lipinski definition) is 1. The van der Waals surface area contributed by atoms with Crippen molar-refractivity contribution < 1.29 is 14.3 Å². The Morgan fingerprint density at radius 3 is 2.83 bits per heavy atom. The SMILES string of the molecule is CN(C)C(=O)C[C@H]1CN2C[C@@H](NC(=O)Cc3cn(C)c4ccccc34)C[C@H]2CO1. The van der Waals surface area contributed by atoms with Crippen LogP contribution in [0.1, 0.15) is 18.4 Å². The number of hydrogen-bond acceptors (Lipinski definition) is 4. The van der Waals surface area contributed by atoms with Crippen molar-refractivity contribution in [1.82, 2.24) is 19.7 Å². The van der Waals surface area contributed by atoms with Crippen molar-refractivity contribution in [2.24, 2.45) is 7.05 Å². The van der Waals surface area contributed by atoms with Crippen LogP contribution in [-0.2, 0) is 27.8 Å². The molecule has 2 saturated heterocycles. The van der Waals surface area contributed by atoms with Crippen molar-refractivity contribution >= 4 is 22.7 Å². The number of fused-ring (bicyclic) bond motifs is 2. The van der Waals surface area contributed by atoms with Gasteiger partial charge in [-0.05, 0) is 18.1 Å². The maximum absolute atomic E-state index is 12.7. The smallest absolute Gasteiger partial charge is 0.224 e. The molecule has 7 nitrogen and oxygen atoms in total. The van der Waals surface area contributed by atoms with Gasteiger partial charge in [0.25, 0.3) is 0 Å². The summed E-state index contributed by atoms with van der Waals surface area (Å²) in [6, 6.07) is 8.62. The molecule has 29 heavy (non-hydrogen) atoms. The van der Waals surface area contributed by atoms with E-state index >= 15 is 0 Å². The summed E-state index contributed by atoms with van der Waals surface area (Å²) in [5.74, 6) is 0.152. The lowest BCUT2D eigenvalue weighted by atomic mass is 10.1. The maximum Gasteiger partial charge on any atom is 0.224 e. The topological polar surface area (TPSA) is 66.8 Å². The van der Waals surface area contributed by atoms with E-state index in [4.69, 9.17) is 4.74 Å². The van der Waals surface area contributed by atoms with E-state index in [0.29, 0.717) is 25.5 Å². The molecule has 0 bridgehead atoms. The Morgan fingerprint density at radius 1 is 1.24 bits per heavy atom. The fraction of sp³-hybridized carbons (Fsp3) is 0.545. The Labute approximate surface area is 171 Å². The first-order chi connectivity index (χ1) is 13.9. The Bertz CT molecular complexity index is 907. The van der Waals surface area contributed by atoms with Crippen LogP contribution in [0.25, 0.3) is 10.9 Å². The number of morpholine rings is 1. The standard InChI is InChI=1S/C22H30N4O3/c1-24(2)22(28)10-18-13-26-12-16(9-17(26)14-29-18)23-21(27)8-15-11-25(3)20-7-5-4-6-19(15)20/h4-7,11,16-18H,8-10,12-14H2,1-3H3,(H,23,27)/t16-,17-,18-/m0/s1. The molecule has 0 unspecified atom stereocenters. The number of para-hydroxylation sites is 1. The van der Waals surface area contributed by atoms with Gasteiger partial charge < -0.3 is 19.5 Å². The second-order valence-electron chi connectivity index (χ2n) is 8.51. The molecule has 3 heterocycles. The van der Waals surface area contributed by atoms with Gasteiger partial charge in [0.1, 0.15) is 0 Å². The predicted octanol–water partition coefficient (Wildman–Crippen LogP) is 1.16. The first kappa shape index (κ1) is 19.9. The lowest BCUT2D eigenvalue weighted by Crippen LogP contribution is -2.47. The number of rotatable bonds is 5. The number of aromatic nitrogens is 1. The van der Waals surface area contributed by atoms with Crippen molar-refractivity contribution in [3.63, 3.8) is 0 Å². The summed E-state index contributed by atoms with van der Waals surface area (Å²) >= 11 is 0. The molecule has 2 aromatic rings. The van der Waals surface area contributed by atoms with E-state index in [-0.39, 0.29) is 24.0 Å². The van der Waals surface area contributed by atoms with E-state index < -0.39 is 0 Å². The van der Waals surface area contributed by atoms with Gasteiger partial charge in [0.15, 0.2) is 0 Å². The second kappa shape index (κ2) is 8.16. The minimum atomic E-state index is -0.0636. The lowest BCUT2D eigenvalue weighted by molar-refractivity contribution is -0.134. The van der Waals surface area contributed by atoms with E-state index in [9.17, 15) is 9.59 Å². The minimum absolute atomic E-state index is 0.0615. The van der Waals surface area contributed by atoms with Gasteiger partial charge in [-0.15, -0.1) is 0 Å². The van der Waals surface area contributed by atoms with E-state index in [2.05, 4.69) is 26.9 Å². The molecule has 3 atom stereocenters. The number of amides is 2. The normalized spacial score (nSPS) is 24.4. The highest BCUT2D eigenvalue weighted by Gasteiger charge is 2.38. The van der Waals surface area contributed by atoms with E-state index in [1.807, 2.05) is 25.4 Å². The van der Waals surface area contributed by atoms with Crippen LogP contribution in [0.5, 0.6) is 0 Å². The lowest BCUT2D eigenvalue weighted by Gasteiger charge is -2.35. The molecule has 2 aliphatic heterocycles. The molecule has 1 aromatic carbocycles. The Morgan fingerprint density at radius 2 is 2.03 bits per heavy atom. The minimum Gasteiger partial charge on any atom is -0.375 e. The third kappa shape index (κ3) is 4.31. The number of benzene rings is 1. The van der Waals surface area contributed by atoms with Crippen LogP contribution in [0.15, 0.2) is 30.5 Å². The van der Waals surface area contributed by atoms with Crippen LogP contribution in [0.2, 0.25) is 0 Å². The third-order valence-corrected chi connectivity index (χ3v) is 6.09. The molecule has 2 aliphatic rings. The van der Waals surface area contributed by atoms with Crippen LogP contribution in [0.3, 0.4) is 0 Å². The van der Waals surface area contributed by atoms with Crippen molar-refractivity contribution in [2.75, 3.05) is 33.8 Å². The van der Waals surface area contributed by atoms with Crippen LogP contribution in [0, 0.1) is 0 Å². The first-order valence-electron chi connectivity index (χ1n) is 10.3. The van der Waals surface area contributed by atoms with E-state index in [0.717, 1.165) is 36.0 Å². The molecule has 7 heteroatoms. The molecule has 2 fully saturated rings. The van der Waals surface area contributed by atoms with Gasteiger partial charge in [0.05, 0.1) is 25.6 Å². The quantitative estimate of drug-likeness (QED) is 0.821. The number of ether oxygens (including phenoxy) is 1. The van der Waals surface area contributed by atoms with Crippen molar-refractivity contribution in [1.29, 1.82) is 0 Å². The van der Waals surface area contributed by atoms with Crippen molar-refractivity contribution in [2.45, 2.75) is 37.5 Å². The third-order valence-electron chi connectivity index (χ3n) is 6.09. The average Bonchev–Trinajstić information content (AvgIpc) is 3.22. The highest BCUT2D eigenvalue weighted by atomic mass is 16.5. The molecule has 0 saturated carbocycles. The largest absolute Gasteiger partial charge is 0.375 e. The van der Waals surface area contributed by atoms with Crippen LogP contribution in [0.4, 0.5) is 0 Å². The van der Waals surface area contributed by atoms with Gasteiger partial charge in [-0.25, -0.2) is 0 Å². The summed E-state index contributed by atoms with van der Waals surface area (Å²) in [5, 5.41) is 4.35. The highest BCUT2D eigenvalue weighted by Crippen LogP contribution is 2.25. The van der Waals surface area contributed by atoms with Gasteiger partial charge in [0.2, 0.25) is 11.8 Å². The van der Waals surface area contributed by atoms with Crippen LogP contribution >= 0.6 is 0 Å². The zero-order chi connectivity index (χ0) is 20.5. The van der Waals surface area contributed by atoms with Gasteiger partial charge in [-0.1, -0.05) is 18.2 Å². The summed E-state index contributed by atoms with van der Waals surface area (Å²) < 4.78 is 7.98. The highest BCUT2D eigenvalue weighted by molar-refractivity contribution is 5.89. The number of carbonyl (C=O) groups excluding carboxylic acids is 2.